The molecule has 0 aliphatic heterocycles. The quantitative estimate of drug-likeness (QED) is 0.724. The van der Waals surface area contributed by atoms with E-state index in [4.69, 9.17) is 10.2 Å². The highest BCUT2D eigenvalue weighted by atomic mass is 79.9. The number of anilines is 1. The van der Waals surface area contributed by atoms with Crippen molar-refractivity contribution in [3.8, 4) is 0 Å². The SMILES string of the molecule is CC(CCC(=O)O)Nc1ccc(S(N)(=O)=O)cc1Br. The molecule has 0 fully saturated rings. The van der Waals surface area contributed by atoms with Crippen LogP contribution in [0.3, 0.4) is 0 Å². The normalized spacial score (nSPS) is 13.0. The molecule has 4 N–H and O–H groups in total. The van der Waals surface area contributed by atoms with Gasteiger partial charge >= 0.3 is 5.97 Å². The molecule has 1 aromatic rings. The van der Waals surface area contributed by atoms with Crippen LogP contribution in [0.1, 0.15) is 19.8 Å². The molecule has 0 heterocycles. The van der Waals surface area contributed by atoms with Gasteiger partial charge < -0.3 is 10.4 Å². The van der Waals surface area contributed by atoms with E-state index in [2.05, 4.69) is 21.2 Å². The molecule has 0 saturated heterocycles. The van der Waals surface area contributed by atoms with Crippen LogP contribution < -0.4 is 10.5 Å². The number of hydrogen-bond acceptors (Lipinski definition) is 4. The van der Waals surface area contributed by atoms with Gasteiger partial charge in [0.25, 0.3) is 0 Å². The Morgan fingerprint density at radius 2 is 2.16 bits per heavy atom. The number of aliphatic carboxylic acids is 1. The van der Waals surface area contributed by atoms with E-state index in [1.54, 1.807) is 6.07 Å². The molecule has 0 radical (unpaired) electrons. The van der Waals surface area contributed by atoms with Crippen molar-refractivity contribution in [1.82, 2.24) is 0 Å². The number of halogens is 1. The monoisotopic (exact) mass is 350 g/mol. The van der Waals surface area contributed by atoms with Crippen LogP contribution in [-0.4, -0.2) is 25.5 Å². The van der Waals surface area contributed by atoms with Gasteiger partial charge in [0.05, 0.1) is 4.90 Å². The molecule has 1 unspecified atom stereocenters. The molecule has 6 nitrogen and oxygen atoms in total. The summed E-state index contributed by atoms with van der Waals surface area (Å²) in [5.74, 6) is -0.850. The number of carboxylic acid groups (broad SMARTS) is 1. The first-order chi connectivity index (χ1) is 8.70. The predicted molar refractivity (Wildman–Crippen MR) is 75.5 cm³/mol. The molecule has 8 heteroatoms. The zero-order chi connectivity index (χ0) is 14.6. The van der Waals surface area contributed by atoms with E-state index >= 15 is 0 Å². The minimum atomic E-state index is -3.73. The molecule has 106 valence electrons. The molecule has 0 bridgehead atoms. The Morgan fingerprint density at radius 1 is 1.53 bits per heavy atom. The average molecular weight is 351 g/mol. The lowest BCUT2D eigenvalue weighted by Gasteiger charge is -2.16. The van der Waals surface area contributed by atoms with Gasteiger partial charge in [-0.25, -0.2) is 13.6 Å². The second kappa shape index (κ2) is 6.36. The Balaban J connectivity index is 2.78. The summed E-state index contributed by atoms with van der Waals surface area (Å²) in [6.07, 6.45) is 0.541. The molecule has 19 heavy (non-hydrogen) atoms. The average Bonchev–Trinajstić information content (AvgIpc) is 2.27. The van der Waals surface area contributed by atoms with E-state index in [0.29, 0.717) is 16.6 Å². The summed E-state index contributed by atoms with van der Waals surface area (Å²) in [7, 11) is -3.73. The number of benzene rings is 1. The van der Waals surface area contributed by atoms with E-state index < -0.39 is 16.0 Å². The highest BCUT2D eigenvalue weighted by molar-refractivity contribution is 9.10. The van der Waals surface area contributed by atoms with Crippen LogP contribution in [0.5, 0.6) is 0 Å². The maximum atomic E-state index is 11.2. The summed E-state index contributed by atoms with van der Waals surface area (Å²) >= 11 is 3.25. The van der Waals surface area contributed by atoms with Crippen molar-refractivity contribution in [3.05, 3.63) is 22.7 Å². The standard InChI is InChI=1S/C11H15BrN2O4S/c1-7(2-5-11(15)16)14-10-4-3-8(6-9(10)12)19(13,17)18/h3-4,6-7,14H,2,5H2,1H3,(H,15,16)(H2,13,17,18). The van der Waals surface area contributed by atoms with Gasteiger partial charge in [0, 0.05) is 22.6 Å². The van der Waals surface area contributed by atoms with E-state index in [1.807, 2.05) is 6.92 Å². The van der Waals surface area contributed by atoms with Crippen LogP contribution >= 0.6 is 15.9 Å². The van der Waals surface area contributed by atoms with Crippen LogP contribution in [0.2, 0.25) is 0 Å². The third-order valence-corrected chi connectivity index (χ3v) is 4.03. The van der Waals surface area contributed by atoms with Gasteiger partial charge in [-0.2, -0.15) is 0 Å². The Morgan fingerprint density at radius 3 is 2.63 bits per heavy atom. The highest BCUT2D eigenvalue weighted by Crippen LogP contribution is 2.26. The maximum Gasteiger partial charge on any atom is 0.303 e. The first-order valence-corrected chi connectivity index (χ1v) is 7.85. The number of carboxylic acids is 1. The molecule has 0 saturated carbocycles. The van der Waals surface area contributed by atoms with Crippen molar-refractivity contribution in [1.29, 1.82) is 0 Å². The fraction of sp³-hybridized carbons (Fsp3) is 0.364. The van der Waals surface area contributed by atoms with E-state index in [0.717, 1.165) is 0 Å². The van der Waals surface area contributed by atoms with Crippen molar-refractivity contribution < 1.29 is 18.3 Å². The van der Waals surface area contributed by atoms with Crippen LogP contribution in [0, 0.1) is 0 Å². The zero-order valence-electron chi connectivity index (χ0n) is 10.3. The molecule has 0 aliphatic rings. The number of primary sulfonamides is 1. The van der Waals surface area contributed by atoms with Crippen LogP contribution in [-0.2, 0) is 14.8 Å². The van der Waals surface area contributed by atoms with Crippen LogP contribution in [0.25, 0.3) is 0 Å². The van der Waals surface area contributed by atoms with Crippen molar-refractivity contribution in [3.63, 3.8) is 0 Å². The van der Waals surface area contributed by atoms with Gasteiger partial charge in [0.2, 0.25) is 10.0 Å². The summed E-state index contributed by atoms with van der Waals surface area (Å²) in [5.41, 5.74) is 0.685. The van der Waals surface area contributed by atoms with Gasteiger partial charge in [0.1, 0.15) is 0 Å². The van der Waals surface area contributed by atoms with Crippen molar-refractivity contribution in [2.24, 2.45) is 5.14 Å². The number of hydrogen-bond donors (Lipinski definition) is 3. The van der Waals surface area contributed by atoms with Gasteiger partial charge in [-0.1, -0.05) is 0 Å². The number of nitrogens with two attached hydrogens (primary N) is 1. The topological polar surface area (TPSA) is 109 Å². The van der Waals surface area contributed by atoms with Gasteiger partial charge in [0.15, 0.2) is 0 Å². The van der Waals surface area contributed by atoms with Gasteiger partial charge in [-0.3, -0.25) is 4.79 Å². The molecule has 0 aromatic heterocycles. The largest absolute Gasteiger partial charge is 0.481 e. The summed E-state index contributed by atoms with van der Waals surface area (Å²) in [6, 6.07) is 4.34. The lowest BCUT2D eigenvalue weighted by molar-refractivity contribution is -0.137. The molecule has 0 spiro atoms. The molecule has 1 rings (SSSR count). The smallest absolute Gasteiger partial charge is 0.303 e. The fourth-order valence-corrected chi connectivity index (χ4v) is 2.65. The van der Waals surface area contributed by atoms with E-state index in [9.17, 15) is 13.2 Å². The summed E-state index contributed by atoms with van der Waals surface area (Å²) < 4.78 is 22.9. The zero-order valence-corrected chi connectivity index (χ0v) is 12.7. The van der Waals surface area contributed by atoms with Crippen LogP contribution in [0.4, 0.5) is 5.69 Å². The number of rotatable bonds is 6. The summed E-state index contributed by atoms with van der Waals surface area (Å²) in [5, 5.41) is 16.7. The third-order valence-electron chi connectivity index (χ3n) is 2.46. The molecule has 0 aliphatic carbocycles. The minimum absolute atomic E-state index is 0.0168. The summed E-state index contributed by atoms with van der Waals surface area (Å²) in [6.45, 7) is 1.85. The summed E-state index contributed by atoms with van der Waals surface area (Å²) in [4.78, 5) is 10.5. The number of carbonyl (C=O) groups is 1. The molecule has 1 aromatic carbocycles. The molecule has 0 amide bonds. The highest BCUT2D eigenvalue weighted by Gasteiger charge is 2.12. The Bertz CT molecular complexity index is 574. The van der Waals surface area contributed by atoms with Crippen molar-refractivity contribution >= 4 is 37.6 Å². The minimum Gasteiger partial charge on any atom is -0.481 e. The number of sulfonamides is 1. The molecule has 1 atom stereocenters. The predicted octanol–water partition coefficient (Wildman–Crippen LogP) is 1.76. The first kappa shape index (κ1) is 15.9. The second-order valence-electron chi connectivity index (χ2n) is 4.16. The van der Waals surface area contributed by atoms with Crippen LogP contribution in [0.15, 0.2) is 27.6 Å². The van der Waals surface area contributed by atoms with Crippen molar-refractivity contribution in [2.75, 3.05) is 5.32 Å². The molecular formula is C11H15BrN2O4S. The Hall–Kier alpha value is -1.12. The number of nitrogens with one attached hydrogen (secondary N) is 1. The maximum absolute atomic E-state index is 11.2. The lowest BCUT2D eigenvalue weighted by atomic mass is 10.1. The van der Waals surface area contributed by atoms with E-state index in [1.165, 1.54) is 12.1 Å². The van der Waals surface area contributed by atoms with Crippen molar-refractivity contribution in [2.45, 2.75) is 30.7 Å². The van der Waals surface area contributed by atoms with E-state index in [-0.39, 0.29) is 17.4 Å². The first-order valence-electron chi connectivity index (χ1n) is 5.51. The Kier molecular flexibility index (Phi) is 5.33. The Labute approximate surface area is 120 Å². The van der Waals surface area contributed by atoms with Gasteiger partial charge in [-0.15, -0.1) is 0 Å². The lowest BCUT2D eigenvalue weighted by Crippen LogP contribution is -2.17. The fourth-order valence-electron chi connectivity index (χ4n) is 1.47. The molecular weight excluding hydrogens is 336 g/mol. The second-order valence-corrected chi connectivity index (χ2v) is 6.58. The third kappa shape index (κ3) is 5.17. The van der Waals surface area contributed by atoms with Gasteiger partial charge in [-0.05, 0) is 47.5 Å².